The Morgan fingerprint density at radius 3 is 0.798 bits per heavy atom. The number of esters is 4. The smallest absolute Gasteiger partial charge is 0.462 e. The summed E-state index contributed by atoms with van der Waals surface area (Å²) in [6, 6.07) is 0. The summed E-state index contributed by atoms with van der Waals surface area (Å²) in [7, 11) is -9.90. The summed E-state index contributed by atoms with van der Waals surface area (Å²) in [5.41, 5.74) is 0. The molecule has 0 aliphatic rings. The summed E-state index contributed by atoms with van der Waals surface area (Å²) in [6.07, 6.45) is 41.9. The second-order valence-corrected chi connectivity index (χ2v) is 29.6. The number of phosphoric ester groups is 2. The lowest BCUT2D eigenvalue weighted by Gasteiger charge is -2.21. The highest BCUT2D eigenvalue weighted by Crippen LogP contribution is 2.45. The first-order valence-corrected chi connectivity index (χ1v) is 39.3. The molecule has 0 aliphatic carbocycles. The van der Waals surface area contributed by atoms with E-state index in [0.29, 0.717) is 31.6 Å². The Bertz CT molecular complexity index is 1770. The van der Waals surface area contributed by atoms with Gasteiger partial charge in [0.2, 0.25) is 0 Å². The number of aliphatic hydroxyl groups excluding tert-OH is 1. The Morgan fingerprint density at radius 2 is 0.539 bits per heavy atom. The number of carbonyl (C=O) groups excluding carboxylic acids is 4. The zero-order chi connectivity index (χ0) is 66.1. The average molecular weight is 1310 g/mol. The number of hydrogen-bond acceptors (Lipinski definition) is 15. The van der Waals surface area contributed by atoms with Crippen molar-refractivity contribution in [3.05, 3.63) is 0 Å². The maximum atomic E-state index is 13.0. The average Bonchev–Trinajstić information content (AvgIpc) is 3.66. The lowest BCUT2D eigenvalue weighted by atomic mass is 9.99. The lowest BCUT2D eigenvalue weighted by molar-refractivity contribution is -0.161. The van der Waals surface area contributed by atoms with E-state index in [0.717, 1.165) is 120 Å². The number of aliphatic hydroxyl groups is 1. The topological polar surface area (TPSA) is 237 Å². The minimum atomic E-state index is -4.95. The molecular weight excluding hydrogens is 1170 g/mol. The molecule has 528 valence electrons. The van der Waals surface area contributed by atoms with Crippen molar-refractivity contribution in [2.24, 2.45) is 23.7 Å². The number of unbranched alkanes of at least 4 members (excludes halogenated alkanes) is 31. The van der Waals surface area contributed by atoms with Crippen molar-refractivity contribution in [1.29, 1.82) is 0 Å². The van der Waals surface area contributed by atoms with Crippen LogP contribution in [0.15, 0.2) is 0 Å². The van der Waals surface area contributed by atoms with Crippen LogP contribution in [0.2, 0.25) is 0 Å². The Hall–Kier alpha value is -1.94. The van der Waals surface area contributed by atoms with Crippen LogP contribution in [0.25, 0.3) is 0 Å². The van der Waals surface area contributed by atoms with Gasteiger partial charge in [-0.15, -0.1) is 0 Å². The molecule has 0 bridgehead atoms. The van der Waals surface area contributed by atoms with Gasteiger partial charge in [0.05, 0.1) is 26.4 Å². The zero-order valence-corrected chi connectivity index (χ0v) is 59.8. The van der Waals surface area contributed by atoms with E-state index >= 15 is 0 Å². The maximum absolute atomic E-state index is 13.0. The van der Waals surface area contributed by atoms with E-state index in [4.69, 9.17) is 37.0 Å². The van der Waals surface area contributed by atoms with Gasteiger partial charge in [-0.25, -0.2) is 9.13 Å². The first-order valence-electron chi connectivity index (χ1n) is 36.3. The number of rotatable bonds is 67. The van der Waals surface area contributed by atoms with Gasteiger partial charge in [0.15, 0.2) is 12.2 Å². The molecule has 0 spiro atoms. The van der Waals surface area contributed by atoms with Crippen LogP contribution in [0.4, 0.5) is 0 Å². The highest BCUT2D eigenvalue weighted by atomic mass is 31.2. The standard InChI is InChI=1S/C70H136O17P2/c1-9-62(7)48-40-32-23-20-21-25-37-45-53-70(75)87-66(57-81-68(73)51-43-35-29-27-33-41-49-63(8)10-2)59-85-89(78,79)83-55-64(71)54-82-88(76,77)84-58-65(56-80-67(72)50-42-34-28-26-31-39-47-61(5)6)86-69(74)52-44-36-24-19-17-15-13-11-12-14-16-18-22-30-38-46-60(3)4/h60-66,71H,9-59H2,1-8H3,(H,76,77)(H,78,79)/t62?,63?,64-,65-,66-/m1/s1. The van der Waals surface area contributed by atoms with Gasteiger partial charge in [-0.1, -0.05) is 293 Å². The van der Waals surface area contributed by atoms with Crippen molar-refractivity contribution in [1.82, 2.24) is 0 Å². The fourth-order valence-corrected chi connectivity index (χ4v) is 12.0. The van der Waals surface area contributed by atoms with Gasteiger partial charge < -0.3 is 33.8 Å². The van der Waals surface area contributed by atoms with Crippen LogP contribution in [-0.2, 0) is 65.4 Å². The van der Waals surface area contributed by atoms with Crippen molar-refractivity contribution in [2.75, 3.05) is 39.6 Å². The van der Waals surface area contributed by atoms with Gasteiger partial charge >= 0.3 is 39.5 Å². The molecule has 3 N–H and O–H groups in total. The van der Waals surface area contributed by atoms with E-state index < -0.39 is 97.5 Å². The van der Waals surface area contributed by atoms with Crippen LogP contribution >= 0.6 is 15.6 Å². The first kappa shape index (κ1) is 87.1. The minimum absolute atomic E-state index is 0.103. The molecule has 0 aromatic heterocycles. The monoisotopic (exact) mass is 1310 g/mol. The molecule has 19 heteroatoms. The Labute approximate surface area is 543 Å². The third-order valence-corrected chi connectivity index (χ3v) is 18.7. The van der Waals surface area contributed by atoms with Gasteiger partial charge in [-0.3, -0.25) is 37.3 Å². The maximum Gasteiger partial charge on any atom is 0.472 e. The number of ether oxygens (including phenoxy) is 4. The van der Waals surface area contributed by atoms with Crippen molar-refractivity contribution in [3.8, 4) is 0 Å². The van der Waals surface area contributed by atoms with Gasteiger partial charge in [0, 0.05) is 25.7 Å². The normalized spacial score (nSPS) is 14.9. The van der Waals surface area contributed by atoms with Gasteiger partial charge in [0.1, 0.15) is 19.3 Å². The van der Waals surface area contributed by atoms with Crippen LogP contribution < -0.4 is 0 Å². The molecule has 0 saturated carbocycles. The predicted molar refractivity (Wildman–Crippen MR) is 358 cm³/mol. The molecule has 89 heavy (non-hydrogen) atoms. The van der Waals surface area contributed by atoms with Crippen molar-refractivity contribution < 1.29 is 80.2 Å². The molecule has 0 aromatic rings. The van der Waals surface area contributed by atoms with E-state index in [-0.39, 0.29) is 25.7 Å². The second kappa shape index (κ2) is 59.8. The summed E-state index contributed by atoms with van der Waals surface area (Å²) in [6.45, 7) is 14.0. The van der Waals surface area contributed by atoms with Gasteiger partial charge in [0.25, 0.3) is 0 Å². The summed E-state index contributed by atoms with van der Waals surface area (Å²) < 4.78 is 68.2. The van der Waals surface area contributed by atoms with Crippen molar-refractivity contribution in [3.63, 3.8) is 0 Å². The summed E-state index contributed by atoms with van der Waals surface area (Å²) >= 11 is 0. The first-order chi connectivity index (χ1) is 42.7. The molecular formula is C70H136O17P2. The molecule has 0 aromatic carbocycles. The molecule has 17 nitrogen and oxygen atoms in total. The van der Waals surface area contributed by atoms with Crippen molar-refractivity contribution >= 4 is 39.5 Å². The molecule has 0 heterocycles. The van der Waals surface area contributed by atoms with Crippen LogP contribution in [0.1, 0.15) is 344 Å². The van der Waals surface area contributed by atoms with E-state index in [9.17, 15) is 43.2 Å². The lowest BCUT2D eigenvalue weighted by Crippen LogP contribution is -2.30. The molecule has 0 rings (SSSR count). The Balaban J connectivity index is 5.21. The highest BCUT2D eigenvalue weighted by molar-refractivity contribution is 7.47. The van der Waals surface area contributed by atoms with Crippen LogP contribution in [0, 0.1) is 23.7 Å². The SMILES string of the molecule is CCC(C)CCCCCCCCCCC(=O)O[C@H](COC(=O)CCCCCCCCC(C)CC)COP(=O)(O)OC[C@H](O)COP(=O)(O)OC[C@@H](COC(=O)CCCCCCCCC(C)C)OC(=O)CCCCCCCCCCCCCCCCCC(C)C. The van der Waals surface area contributed by atoms with Crippen molar-refractivity contribution in [2.45, 2.75) is 363 Å². The Kier molecular flexibility index (Phi) is 58.5. The summed E-state index contributed by atoms with van der Waals surface area (Å²) in [5, 5.41) is 10.6. The molecule has 4 unspecified atom stereocenters. The minimum Gasteiger partial charge on any atom is -0.462 e. The van der Waals surface area contributed by atoms with Crippen LogP contribution in [0.5, 0.6) is 0 Å². The van der Waals surface area contributed by atoms with E-state index in [1.165, 1.54) is 135 Å². The van der Waals surface area contributed by atoms with E-state index in [2.05, 4.69) is 55.4 Å². The number of carbonyl (C=O) groups is 4. The van der Waals surface area contributed by atoms with E-state index in [1.807, 2.05) is 0 Å². The third kappa shape index (κ3) is 62.0. The number of phosphoric acid groups is 2. The molecule has 0 aliphatic heterocycles. The Morgan fingerprint density at radius 1 is 0.315 bits per heavy atom. The van der Waals surface area contributed by atoms with Crippen LogP contribution in [0.3, 0.4) is 0 Å². The predicted octanol–water partition coefficient (Wildman–Crippen LogP) is 19.7. The highest BCUT2D eigenvalue weighted by Gasteiger charge is 2.30. The molecule has 0 saturated heterocycles. The zero-order valence-electron chi connectivity index (χ0n) is 58.1. The fourth-order valence-electron chi connectivity index (χ4n) is 10.4. The number of hydrogen-bond donors (Lipinski definition) is 3. The van der Waals surface area contributed by atoms with Gasteiger partial charge in [-0.2, -0.15) is 0 Å². The van der Waals surface area contributed by atoms with E-state index in [1.54, 1.807) is 0 Å². The van der Waals surface area contributed by atoms with Gasteiger partial charge in [-0.05, 0) is 49.4 Å². The van der Waals surface area contributed by atoms with Crippen LogP contribution in [-0.4, -0.2) is 96.7 Å². The summed E-state index contributed by atoms with van der Waals surface area (Å²) in [4.78, 5) is 72.5. The second-order valence-electron chi connectivity index (χ2n) is 26.7. The quantitative estimate of drug-likeness (QED) is 0.0222. The molecule has 0 amide bonds. The fraction of sp³-hybridized carbons (Fsp3) is 0.943. The third-order valence-electron chi connectivity index (χ3n) is 16.8. The largest absolute Gasteiger partial charge is 0.472 e. The summed E-state index contributed by atoms with van der Waals surface area (Å²) in [5.74, 6) is 0.849. The molecule has 0 radical (unpaired) electrons. The molecule has 7 atom stereocenters. The molecule has 0 fully saturated rings.